The fourth-order valence-electron chi connectivity index (χ4n) is 2.54. The smallest absolute Gasteiger partial charge is 0.338 e. The second-order valence-electron chi connectivity index (χ2n) is 6.75. The monoisotopic (exact) mass is 398 g/mol. The van der Waals surface area contributed by atoms with Gasteiger partial charge in [0.15, 0.2) is 5.69 Å². The van der Waals surface area contributed by atoms with Crippen LogP contribution in [0.1, 0.15) is 42.3 Å². The molecule has 1 aromatic carbocycles. The molecule has 2 rings (SSSR count). The molecular formula is C20H22N4O5. The molecule has 2 aromatic rings. The number of carbonyl (C=O) groups excluding carboxylic acids is 1. The summed E-state index contributed by atoms with van der Waals surface area (Å²) in [4.78, 5) is 24.5. The van der Waals surface area contributed by atoms with E-state index in [1.165, 1.54) is 38.1 Å². The lowest BCUT2D eigenvalue weighted by molar-refractivity contribution is 0.0378. The van der Waals surface area contributed by atoms with Crippen molar-refractivity contribution < 1.29 is 19.7 Å². The number of carbonyl (C=O) groups is 1. The quantitative estimate of drug-likeness (QED) is 0.566. The maximum atomic E-state index is 12.6. The molecule has 152 valence electrons. The van der Waals surface area contributed by atoms with E-state index in [9.17, 15) is 25.1 Å². The van der Waals surface area contributed by atoms with Gasteiger partial charge in [-0.1, -0.05) is 0 Å². The molecule has 9 nitrogen and oxygen atoms in total. The van der Waals surface area contributed by atoms with Crippen molar-refractivity contribution in [3.8, 4) is 11.9 Å². The van der Waals surface area contributed by atoms with Crippen LogP contribution in [0.25, 0.3) is 0 Å². The first-order valence-corrected chi connectivity index (χ1v) is 8.93. The van der Waals surface area contributed by atoms with Crippen molar-refractivity contribution >= 4 is 17.3 Å². The van der Waals surface area contributed by atoms with Crippen LogP contribution < -0.4 is 5.56 Å². The number of pyridine rings is 1. The predicted molar refractivity (Wildman–Crippen MR) is 105 cm³/mol. The number of aliphatic hydroxyl groups excluding tert-OH is 1. The standard InChI is InChI=1S/C20H22N4O5/c1-11(2)29-20(28)14-5-7-15(8-6-14)22-23-17-13(4)16(9-21)18(26)24(19(17)27)10-12(3)25/h5-8,11-12,25-26H,10H2,1-4H3. The first-order valence-electron chi connectivity index (χ1n) is 8.93. The average molecular weight is 398 g/mol. The van der Waals surface area contributed by atoms with Crippen LogP contribution >= 0.6 is 0 Å². The molecule has 1 aromatic heterocycles. The van der Waals surface area contributed by atoms with Gasteiger partial charge in [-0.25, -0.2) is 4.79 Å². The molecule has 1 unspecified atom stereocenters. The Morgan fingerprint density at radius 1 is 1.24 bits per heavy atom. The third kappa shape index (κ3) is 5.06. The number of hydrogen-bond acceptors (Lipinski definition) is 8. The van der Waals surface area contributed by atoms with E-state index in [0.29, 0.717) is 11.3 Å². The minimum Gasteiger partial charge on any atom is -0.493 e. The Balaban J connectivity index is 2.41. The molecule has 1 atom stereocenters. The van der Waals surface area contributed by atoms with E-state index >= 15 is 0 Å². The number of benzene rings is 1. The summed E-state index contributed by atoms with van der Waals surface area (Å²) in [5.41, 5.74) is -0.0177. The van der Waals surface area contributed by atoms with Gasteiger partial charge in [-0.3, -0.25) is 9.36 Å². The van der Waals surface area contributed by atoms with Crippen molar-refractivity contribution in [2.45, 2.75) is 46.4 Å². The van der Waals surface area contributed by atoms with Crippen molar-refractivity contribution in [2.75, 3.05) is 0 Å². The van der Waals surface area contributed by atoms with Gasteiger partial charge in [0.2, 0.25) is 5.88 Å². The number of hydrogen-bond donors (Lipinski definition) is 2. The van der Waals surface area contributed by atoms with E-state index in [1.54, 1.807) is 13.8 Å². The maximum Gasteiger partial charge on any atom is 0.338 e. The second-order valence-corrected chi connectivity index (χ2v) is 6.75. The van der Waals surface area contributed by atoms with Gasteiger partial charge in [0.25, 0.3) is 5.56 Å². The zero-order chi connectivity index (χ0) is 21.7. The number of aliphatic hydroxyl groups is 1. The summed E-state index contributed by atoms with van der Waals surface area (Å²) in [5.74, 6) is -0.986. The minimum atomic E-state index is -0.921. The molecule has 0 bridgehead atoms. The molecule has 0 fully saturated rings. The summed E-state index contributed by atoms with van der Waals surface area (Å²) in [6.45, 7) is 6.23. The van der Waals surface area contributed by atoms with Crippen LogP contribution in [-0.2, 0) is 11.3 Å². The van der Waals surface area contributed by atoms with Gasteiger partial charge >= 0.3 is 5.97 Å². The number of azo groups is 1. The predicted octanol–water partition coefficient (Wildman–Crippen LogP) is 3.10. The van der Waals surface area contributed by atoms with Gasteiger partial charge in [-0.05, 0) is 52.0 Å². The number of rotatable bonds is 6. The number of aromatic hydroxyl groups is 1. The molecule has 0 saturated carbocycles. The summed E-state index contributed by atoms with van der Waals surface area (Å²) in [6, 6.07) is 7.95. The van der Waals surface area contributed by atoms with Crippen molar-refractivity contribution in [2.24, 2.45) is 10.2 Å². The first-order chi connectivity index (χ1) is 13.6. The molecule has 0 spiro atoms. The topological polar surface area (TPSA) is 137 Å². The highest BCUT2D eigenvalue weighted by atomic mass is 16.5. The summed E-state index contributed by atoms with van der Waals surface area (Å²) >= 11 is 0. The number of nitrogens with zero attached hydrogens (tertiary/aromatic N) is 4. The molecule has 9 heteroatoms. The van der Waals surface area contributed by atoms with Crippen LogP contribution in [0.15, 0.2) is 39.3 Å². The fraction of sp³-hybridized carbons (Fsp3) is 0.350. The third-order valence-corrected chi connectivity index (χ3v) is 3.93. The van der Waals surface area contributed by atoms with Crippen LogP contribution in [0.5, 0.6) is 5.88 Å². The summed E-state index contributed by atoms with van der Waals surface area (Å²) in [6.07, 6.45) is -1.16. The average Bonchev–Trinajstić information content (AvgIpc) is 2.65. The van der Waals surface area contributed by atoms with Crippen LogP contribution in [0.4, 0.5) is 11.4 Å². The van der Waals surface area contributed by atoms with Gasteiger partial charge in [0.05, 0.1) is 30.0 Å². The molecule has 0 aliphatic carbocycles. The Bertz CT molecular complexity index is 1030. The SMILES string of the molecule is Cc1c(C#N)c(O)n(CC(C)O)c(=O)c1N=Nc1ccc(C(=O)OC(C)C)cc1. The van der Waals surface area contributed by atoms with Gasteiger partial charge < -0.3 is 14.9 Å². The molecule has 0 saturated heterocycles. The lowest BCUT2D eigenvalue weighted by Crippen LogP contribution is -2.26. The summed E-state index contributed by atoms with van der Waals surface area (Å²) < 4.78 is 5.99. The molecular weight excluding hydrogens is 376 g/mol. The number of ether oxygens (including phenoxy) is 1. The van der Waals surface area contributed by atoms with Crippen molar-refractivity contribution in [1.29, 1.82) is 5.26 Å². The van der Waals surface area contributed by atoms with Gasteiger partial charge in [-0.15, -0.1) is 5.11 Å². The van der Waals surface area contributed by atoms with Crippen molar-refractivity contribution in [3.63, 3.8) is 0 Å². The highest BCUT2D eigenvalue weighted by molar-refractivity contribution is 5.89. The Labute approximate surface area is 167 Å². The Hall–Kier alpha value is -3.51. The normalized spacial score (nSPS) is 12.2. The molecule has 0 aliphatic heterocycles. The molecule has 2 N–H and O–H groups in total. The maximum absolute atomic E-state index is 12.6. The summed E-state index contributed by atoms with van der Waals surface area (Å²) in [5, 5.41) is 37.0. The van der Waals surface area contributed by atoms with E-state index in [2.05, 4.69) is 10.2 Å². The molecule has 1 heterocycles. The van der Waals surface area contributed by atoms with Crippen molar-refractivity contribution in [1.82, 2.24) is 4.57 Å². The number of aromatic nitrogens is 1. The van der Waals surface area contributed by atoms with E-state index in [-0.39, 0.29) is 29.5 Å². The zero-order valence-corrected chi connectivity index (χ0v) is 16.6. The van der Waals surface area contributed by atoms with Gasteiger partial charge in [-0.2, -0.15) is 10.4 Å². The first kappa shape index (κ1) is 21.8. The molecule has 29 heavy (non-hydrogen) atoms. The molecule has 0 radical (unpaired) electrons. The molecule has 0 aliphatic rings. The van der Waals surface area contributed by atoms with E-state index in [4.69, 9.17) is 4.74 Å². The van der Waals surface area contributed by atoms with E-state index in [1.807, 2.05) is 6.07 Å². The number of nitriles is 1. The highest BCUT2D eigenvalue weighted by Gasteiger charge is 2.20. The largest absolute Gasteiger partial charge is 0.493 e. The minimum absolute atomic E-state index is 0.119. The highest BCUT2D eigenvalue weighted by Crippen LogP contribution is 2.27. The van der Waals surface area contributed by atoms with Crippen LogP contribution in [0.2, 0.25) is 0 Å². The lowest BCUT2D eigenvalue weighted by Gasteiger charge is -2.14. The Morgan fingerprint density at radius 3 is 2.38 bits per heavy atom. The van der Waals surface area contributed by atoms with Gasteiger partial charge in [0.1, 0.15) is 11.6 Å². The fourth-order valence-corrected chi connectivity index (χ4v) is 2.54. The van der Waals surface area contributed by atoms with Crippen LogP contribution in [0.3, 0.4) is 0 Å². The van der Waals surface area contributed by atoms with E-state index < -0.39 is 23.5 Å². The van der Waals surface area contributed by atoms with Gasteiger partial charge in [0, 0.05) is 5.56 Å². The van der Waals surface area contributed by atoms with E-state index in [0.717, 1.165) is 4.57 Å². The zero-order valence-electron chi connectivity index (χ0n) is 16.6. The Morgan fingerprint density at radius 2 is 1.86 bits per heavy atom. The third-order valence-electron chi connectivity index (χ3n) is 3.93. The van der Waals surface area contributed by atoms with Crippen LogP contribution in [0, 0.1) is 18.3 Å². The lowest BCUT2D eigenvalue weighted by atomic mass is 10.1. The summed E-state index contributed by atoms with van der Waals surface area (Å²) in [7, 11) is 0. The van der Waals surface area contributed by atoms with Crippen LogP contribution in [-0.4, -0.2) is 33.0 Å². The number of esters is 1. The van der Waals surface area contributed by atoms with Crippen molar-refractivity contribution in [3.05, 3.63) is 51.3 Å². The molecule has 0 amide bonds. The Kier molecular flexibility index (Phi) is 6.85. The second kappa shape index (κ2) is 9.12.